The number of anilines is 1. The van der Waals surface area contributed by atoms with Crippen molar-refractivity contribution in [3.05, 3.63) is 77.3 Å². The van der Waals surface area contributed by atoms with Gasteiger partial charge in [0, 0.05) is 17.1 Å². The summed E-state index contributed by atoms with van der Waals surface area (Å²) in [5.41, 5.74) is 2.07. The van der Waals surface area contributed by atoms with E-state index in [-0.39, 0.29) is 24.8 Å². The highest BCUT2D eigenvalue weighted by Gasteiger charge is 2.39. The molecular weight excluding hydrogens is 514 g/mol. The van der Waals surface area contributed by atoms with E-state index in [0.29, 0.717) is 38.8 Å². The van der Waals surface area contributed by atoms with Crippen molar-refractivity contribution in [2.24, 2.45) is 4.99 Å². The van der Waals surface area contributed by atoms with Gasteiger partial charge in [0.05, 0.1) is 33.6 Å². The molecule has 1 saturated heterocycles. The fourth-order valence-corrected chi connectivity index (χ4v) is 5.09. The number of nitrogens with zero attached hydrogens (tertiary/aromatic N) is 2. The van der Waals surface area contributed by atoms with Crippen molar-refractivity contribution in [2.45, 2.75) is 18.2 Å². The molecule has 4 rings (SSSR count). The van der Waals surface area contributed by atoms with Crippen molar-refractivity contribution in [3.63, 3.8) is 0 Å². The van der Waals surface area contributed by atoms with Crippen molar-refractivity contribution in [2.75, 3.05) is 26.6 Å². The highest BCUT2D eigenvalue weighted by Crippen LogP contribution is 2.35. The van der Waals surface area contributed by atoms with Gasteiger partial charge in [-0.2, -0.15) is 0 Å². The molecule has 0 radical (unpaired) electrons. The second kappa shape index (κ2) is 12.0. The molecular formula is C27H26ClN3O5S. The Morgan fingerprint density at radius 3 is 2.43 bits per heavy atom. The topological polar surface area (TPSA) is 89.5 Å². The molecule has 0 aromatic heterocycles. The molecule has 2 amide bonds. The highest BCUT2D eigenvalue weighted by atomic mass is 35.5. The Balaban J connectivity index is 1.58. The van der Waals surface area contributed by atoms with Crippen LogP contribution >= 0.6 is 23.4 Å². The second-order valence-corrected chi connectivity index (χ2v) is 9.68. The van der Waals surface area contributed by atoms with Gasteiger partial charge in [0.1, 0.15) is 11.0 Å². The van der Waals surface area contributed by atoms with Crippen LogP contribution in [0.4, 0.5) is 11.4 Å². The van der Waals surface area contributed by atoms with E-state index in [1.165, 1.54) is 11.8 Å². The summed E-state index contributed by atoms with van der Waals surface area (Å²) in [4.78, 5) is 32.5. The zero-order valence-electron chi connectivity index (χ0n) is 20.6. The number of amides is 2. The summed E-state index contributed by atoms with van der Waals surface area (Å²) in [5.74, 6) is 1.37. The van der Waals surface area contributed by atoms with Crippen LogP contribution in [0.25, 0.3) is 0 Å². The van der Waals surface area contributed by atoms with Crippen molar-refractivity contribution in [3.8, 4) is 17.2 Å². The zero-order chi connectivity index (χ0) is 26.4. The maximum atomic E-state index is 13.5. The summed E-state index contributed by atoms with van der Waals surface area (Å²) in [6, 6.07) is 19.6. The van der Waals surface area contributed by atoms with E-state index in [0.717, 1.165) is 5.56 Å². The molecule has 0 unspecified atom stereocenters. The smallest absolute Gasteiger partial charge is 0.242 e. The van der Waals surface area contributed by atoms with Gasteiger partial charge >= 0.3 is 0 Å². The summed E-state index contributed by atoms with van der Waals surface area (Å²) < 4.78 is 16.0. The van der Waals surface area contributed by atoms with Crippen LogP contribution in [0.5, 0.6) is 17.2 Å². The van der Waals surface area contributed by atoms with Gasteiger partial charge in [-0.3, -0.25) is 14.5 Å². The normalized spacial score (nSPS) is 16.1. The number of methoxy groups -OCH3 is 3. The Morgan fingerprint density at radius 2 is 1.76 bits per heavy atom. The number of carbonyl (C=O) groups is 2. The molecule has 1 aliphatic heterocycles. The quantitative estimate of drug-likeness (QED) is 0.385. The van der Waals surface area contributed by atoms with Crippen LogP contribution in [0.15, 0.2) is 71.7 Å². The monoisotopic (exact) mass is 539 g/mol. The molecule has 3 aromatic rings. The average Bonchev–Trinajstić information content (AvgIpc) is 3.17. The number of thioether (sulfide) groups is 1. The molecule has 0 saturated carbocycles. The first-order chi connectivity index (χ1) is 17.9. The Hall–Kier alpha value is -3.69. The molecule has 1 heterocycles. The molecule has 192 valence electrons. The molecule has 3 aromatic carbocycles. The van der Waals surface area contributed by atoms with Crippen LogP contribution in [0.3, 0.4) is 0 Å². The number of benzene rings is 3. The number of amidine groups is 1. The number of rotatable bonds is 9. The maximum absolute atomic E-state index is 13.5. The summed E-state index contributed by atoms with van der Waals surface area (Å²) in [7, 11) is 4.72. The first-order valence-corrected chi connectivity index (χ1v) is 12.6. The number of aliphatic imine (C=N–C) groups is 1. The third kappa shape index (κ3) is 6.55. The first-order valence-electron chi connectivity index (χ1n) is 11.4. The van der Waals surface area contributed by atoms with Crippen molar-refractivity contribution in [1.29, 1.82) is 0 Å². The van der Waals surface area contributed by atoms with Crippen LogP contribution in [-0.4, -0.2) is 48.5 Å². The number of nitrogens with one attached hydrogen (secondary N) is 1. The summed E-state index contributed by atoms with van der Waals surface area (Å²) >= 11 is 7.28. The SMILES string of the molecule is COc1ccc(N=C2S[C@@H](CC(=O)Nc3cccc(Cl)c3)C(=O)N2Cc2ccc(OC)c(OC)c2)cc1. The van der Waals surface area contributed by atoms with Crippen molar-refractivity contribution < 1.29 is 23.8 Å². The van der Waals surface area contributed by atoms with Crippen molar-refractivity contribution >= 4 is 51.7 Å². The van der Waals surface area contributed by atoms with Gasteiger partial charge in [0.15, 0.2) is 16.7 Å². The lowest BCUT2D eigenvalue weighted by atomic mass is 10.1. The number of ether oxygens (including phenoxy) is 3. The van der Waals surface area contributed by atoms with Gasteiger partial charge in [-0.25, -0.2) is 4.99 Å². The number of hydrogen-bond acceptors (Lipinski definition) is 7. The minimum absolute atomic E-state index is 0.0138. The average molecular weight is 540 g/mol. The van der Waals surface area contributed by atoms with Crippen LogP contribution in [-0.2, 0) is 16.1 Å². The van der Waals surface area contributed by atoms with Crippen LogP contribution < -0.4 is 19.5 Å². The fourth-order valence-electron chi connectivity index (χ4n) is 3.75. The largest absolute Gasteiger partial charge is 0.497 e. The van der Waals surface area contributed by atoms with Gasteiger partial charge < -0.3 is 19.5 Å². The first kappa shape index (κ1) is 26.4. The molecule has 8 nitrogen and oxygen atoms in total. The molecule has 1 aliphatic rings. The summed E-state index contributed by atoms with van der Waals surface area (Å²) in [5, 5.41) is 3.20. The number of halogens is 1. The molecule has 1 atom stereocenters. The maximum Gasteiger partial charge on any atom is 0.242 e. The van der Waals surface area contributed by atoms with Gasteiger partial charge in [-0.05, 0) is 60.2 Å². The highest BCUT2D eigenvalue weighted by molar-refractivity contribution is 8.15. The Kier molecular flexibility index (Phi) is 8.58. The second-order valence-electron chi connectivity index (χ2n) is 8.08. The lowest BCUT2D eigenvalue weighted by Crippen LogP contribution is -2.33. The van der Waals surface area contributed by atoms with Gasteiger partial charge in [-0.15, -0.1) is 0 Å². The molecule has 1 N–H and O–H groups in total. The van der Waals surface area contributed by atoms with E-state index in [1.54, 1.807) is 68.7 Å². The third-order valence-electron chi connectivity index (χ3n) is 5.59. The minimum Gasteiger partial charge on any atom is -0.497 e. The number of carbonyl (C=O) groups excluding carboxylic acids is 2. The van der Waals surface area contributed by atoms with E-state index in [2.05, 4.69) is 5.32 Å². The lowest BCUT2D eigenvalue weighted by molar-refractivity contribution is -0.128. The Bertz CT molecular complexity index is 1320. The predicted octanol–water partition coefficient (Wildman–Crippen LogP) is 5.53. The molecule has 0 bridgehead atoms. The summed E-state index contributed by atoms with van der Waals surface area (Å²) in [6.07, 6.45) is -0.0138. The minimum atomic E-state index is -0.628. The molecule has 0 spiro atoms. The van der Waals surface area contributed by atoms with E-state index in [1.807, 2.05) is 24.3 Å². The number of hydrogen-bond donors (Lipinski definition) is 1. The molecule has 1 fully saturated rings. The molecule has 10 heteroatoms. The van der Waals surface area contributed by atoms with Crippen molar-refractivity contribution in [1.82, 2.24) is 4.90 Å². The standard InChI is InChI=1S/C27H26ClN3O5S/c1-34-21-10-8-19(9-11-21)30-27-31(16-17-7-12-22(35-2)23(13-17)36-3)26(33)24(37-27)15-25(32)29-20-6-4-5-18(28)14-20/h4-14,24H,15-16H2,1-3H3,(H,29,32)/t24-/m0/s1. The van der Waals surface area contributed by atoms with Crippen LogP contribution in [0, 0.1) is 0 Å². The molecule has 0 aliphatic carbocycles. The Morgan fingerprint density at radius 1 is 1.00 bits per heavy atom. The zero-order valence-corrected chi connectivity index (χ0v) is 22.1. The van der Waals surface area contributed by atoms with Crippen LogP contribution in [0.1, 0.15) is 12.0 Å². The third-order valence-corrected chi connectivity index (χ3v) is 7.00. The van der Waals surface area contributed by atoms with E-state index in [9.17, 15) is 9.59 Å². The Labute approximate surface area is 224 Å². The van der Waals surface area contributed by atoms with Gasteiger partial charge in [0.25, 0.3) is 0 Å². The van der Waals surface area contributed by atoms with Crippen LogP contribution in [0.2, 0.25) is 5.02 Å². The van der Waals surface area contributed by atoms with E-state index < -0.39 is 5.25 Å². The molecule has 37 heavy (non-hydrogen) atoms. The van der Waals surface area contributed by atoms with Gasteiger partial charge in [0.2, 0.25) is 11.8 Å². The van der Waals surface area contributed by atoms with Gasteiger partial charge in [-0.1, -0.05) is 35.5 Å². The fraction of sp³-hybridized carbons (Fsp3) is 0.222. The van der Waals surface area contributed by atoms with E-state index >= 15 is 0 Å². The predicted molar refractivity (Wildman–Crippen MR) is 146 cm³/mol. The summed E-state index contributed by atoms with van der Waals surface area (Å²) in [6.45, 7) is 0.258. The lowest BCUT2D eigenvalue weighted by Gasteiger charge is -2.18. The van der Waals surface area contributed by atoms with E-state index in [4.69, 9.17) is 30.8 Å².